The molecule has 50 atom stereocenters. The zero-order valence-electron chi connectivity index (χ0n) is 67.8. The average Bonchev–Trinajstić information content (AvgIpc) is 0.762. The smallest absolute Gasteiger partial charge is 0.217 e. The monoisotopic (exact) mass is 1840 g/mol. The highest BCUT2D eigenvalue weighted by Crippen LogP contribution is 2.42. The average molecular weight is 1840 g/mol. The number of amides is 5. The summed E-state index contributed by atoms with van der Waals surface area (Å²) in [6.07, 6.45) is -97.9. The Hall–Kier alpha value is -4.49. The summed E-state index contributed by atoms with van der Waals surface area (Å²) in [4.78, 5) is 65.0. The molecule has 0 bridgehead atoms. The Morgan fingerprint density at radius 1 is 0.206 bits per heavy atom. The second-order valence-corrected chi connectivity index (χ2v) is 31.7. The van der Waals surface area contributed by atoms with E-state index in [1.165, 1.54) is 0 Å². The number of ether oxygens (including phenoxy) is 19. The van der Waals surface area contributed by atoms with Gasteiger partial charge in [0, 0.05) is 34.6 Å². The van der Waals surface area contributed by atoms with Gasteiger partial charge in [-0.05, 0) is 0 Å². The predicted molar refractivity (Wildman–Crippen MR) is 388 cm³/mol. The molecule has 10 saturated heterocycles. The summed E-state index contributed by atoms with van der Waals surface area (Å²) >= 11 is 0. The second-order valence-electron chi connectivity index (χ2n) is 31.7. The van der Waals surface area contributed by atoms with E-state index in [-0.39, 0.29) is 0 Å². The Kier molecular flexibility index (Phi) is 37.4. The summed E-state index contributed by atoms with van der Waals surface area (Å²) in [7, 11) is 0. The number of rotatable bonds is 33. The molecule has 0 saturated carbocycles. The number of hydrogen-bond acceptors (Lipinski definition) is 51. The third kappa shape index (κ3) is 22.9. The molecule has 1 unspecified atom stereocenters. The molecule has 10 aliphatic heterocycles. The van der Waals surface area contributed by atoms with Crippen LogP contribution in [0.2, 0.25) is 0 Å². The van der Waals surface area contributed by atoms with Crippen LogP contribution >= 0.6 is 0 Å². The van der Waals surface area contributed by atoms with Crippen molar-refractivity contribution in [3.8, 4) is 0 Å². The molecule has 10 fully saturated rings. The van der Waals surface area contributed by atoms with Crippen LogP contribution in [0.15, 0.2) is 0 Å². The third-order valence-corrected chi connectivity index (χ3v) is 22.9. The van der Waals surface area contributed by atoms with Crippen molar-refractivity contribution in [3.05, 3.63) is 0 Å². The van der Waals surface area contributed by atoms with E-state index in [1.54, 1.807) is 0 Å². The van der Waals surface area contributed by atoms with Crippen molar-refractivity contribution in [1.82, 2.24) is 26.6 Å². The summed E-state index contributed by atoms with van der Waals surface area (Å²) < 4.78 is 116. The standard InChI is InChI=1S/C70H117N5O51/c1-16(85)71-31-42(96)53(26(11-81)109-61(31)107)119-63-33(73-18(3)87)43(97)56(29(14-84)115-63)122-68-52(106)58(124-70-60(49(103)40(94)25(10-80)114-70)126-65-35(75-20(5)89)45(99)55(28(13-83)117-65)121-67-51(105)47(101)38(92)23(8-78)112-67)57(123-62-32(72-17(2)86)41(95)36(90)21(6-76)110-62)30(118-68)15-108-69-59(48(102)39(93)24(9-79)113-69)125-64-34(74-19(4)88)44(98)54(27(12-82)116-64)120-66-50(104)46(100)37(91)22(7-77)111-66/h21-70,76-84,90-107H,6-15H2,1-5H3,(H,71,85)(H,72,86)(H,73,87)(H,74,88)(H,75,89)/t21-,22-,23-,24-,25-,26-,27-,28-,29-,30-,31-,32-,33-,34-,35-,36-,37+,38+,39-,40-,41-,42-,43-,44-,45-,46+,47+,48+,49+,50-,51-,52+,53-,54-,55-,56-,57-,58-,59+,60+,61?,62+,63+,64+,65+,66+,67+,68+,69+,70-/m1/s1. The van der Waals surface area contributed by atoms with Gasteiger partial charge in [0.15, 0.2) is 62.9 Å². The first kappa shape index (κ1) is 104. The van der Waals surface area contributed by atoms with Crippen molar-refractivity contribution < 1.29 is 252 Å². The molecule has 126 heavy (non-hydrogen) atoms. The fourth-order valence-corrected chi connectivity index (χ4v) is 16.3. The van der Waals surface area contributed by atoms with Crippen LogP contribution in [0.4, 0.5) is 0 Å². The van der Waals surface area contributed by atoms with Gasteiger partial charge in [0.05, 0.1) is 66.1 Å². The molecule has 0 spiro atoms. The molecular formula is C70H117N5O51. The van der Waals surface area contributed by atoms with Gasteiger partial charge in [-0.1, -0.05) is 0 Å². The highest BCUT2D eigenvalue weighted by atomic mass is 16.8. The van der Waals surface area contributed by atoms with Crippen LogP contribution in [0.25, 0.3) is 0 Å². The molecule has 32 N–H and O–H groups in total. The molecule has 10 rings (SSSR count). The molecule has 0 radical (unpaired) electrons. The molecule has 0 aliphatic carbocycles. The minimum absolute atomic E-state index is 0.824. The number of hydrogen-bond donors (Lipinski definition) is 32. The number of nitrogens with one attached hydrogen (secondary N) is 5. The number of carbonyl (C=O) groups is 5. The van der Waals surface area contributed by atoms with Crippen molar-refractivity contribution in [3.63, 3.8) is 0 Å². The molecule has 10 heterocycles. The van der Waals surface area contributed by atoms with Crippen LogP contribution in [-0.2, 0) is 114 Å². The Balaban J connectivity index is 1.08. The van der Waals surface area contributed by atoms with Gasteiger partial charge in [-0.25, -0.2) is 0 Å². The minimum Gasteiger partial charge on any atom is -0.394 e. The zero-order valence-corrected chi connectivity index (χ0v) is 67.8. The molecule has 56 nitrogen and oxygen atoms in total. The van der Waals surface area contributed by atoms with Gasteiger partial charge in [-0.3, -0.25) is 24.0 Å². The lowest BCUT2D eigenvalue weighted by Crippen LogP contribution is -2.71. The normalized spacial score (nSPS) is 48.4. The Morgan fingerprint density at radius 3 is 0.786 bits per heavy atom. The highest BCUT2D eigenvalue weighted by molar-refractivity contribution is 5.75. The summed E-state index contributed by atoms with van der Waals surface area (Å²) in [5.74, 6) is -4.84. The van der Waals surface area contributed by atoms with E-state index >= 15 is 0 Å². The minimum atomic E-state index is -2.78. The van der Waals surface area contributed by atoms with Crippen molar-refractivity contribution >= 4 is 29.5 Å². The summed E-state index contributed by atoms with van der Waals surface area (Å²) in [5.41, 5.74) is 0. The first-order valence-electron chi connectivity index (χ1n) is 40.1. The molecule has 0 aromatic carbocycles. The van der Waals surface area contributed by atoms with Gasteiger partial charge in [-0.2, -0.15) is 0 Å². The maximum atomic E-state index is 13.4. The van der Waals surface area contributed by atoms with Gasteiger partial charge in [0.25, 0.3) is 0 Å². The first-order chi connectivity index (χ1) is 59.6. The van der Waals surface area contributed by atoms with Crippen molar-refractivity contribution in [1.29, 1.82) is 0 Å². The zero-order chi connectivity index (χ0) is 92.8. The van der Waals surface area contributed by atoms with E-state index in [9.17, 15) is 162 Å². The lowest BCUT2D eigenvalue weighted by molar-refractivity contribution is -0.409. The van der Waals surface area contributed by atoms with Crippen LogP contribution in [0.5, 0.6) is 0 Å². The largest absolute Gasteiger partial charge is 0.394 e. The number of aliphatic hydroxyl groups is 27. The molecule has 0 aromatic heterocycles. The molecule has 728 valence electrons. The Bertz CT molecular complexity index is 3440. The summed E-state index contributed by atoms with van der Waals surface area (Å²) in [6.45, 7) is -7.11. The molecule has 0 aromatic rings. The van der Waals surface area contributed by atoms with E-state index < -0.39 is 402 Å². The van der Waals surface area contributed by atoms with Crippen LogP contribution in [0.3, 0.4) is 0 Å². The van der Waals surface area contributed by atoms with Crippen LogP contribution in [-0.4, -0.2) is 540 Å². The second kappa shape index (κ2) is 45.5. The number of aliphatic hydroxyl groups excluding tert-OH is 27. The fourth-order valence-electron chi connectivity index (χ4n) is 16.3. The predicted octanol–water partition coefficient (Wildman–Crippen LogP) is -22.1. The van der Waals surface area contributed by atoms with E-state index in [4.69, 9.17) is 90.0 Å². The lowest BCUT2D eigenvalue weighted by atomic mass is 9.93. The van der Waals surface area contributed by atoms with Crippen molar-refractivity contribution in [2.45, 2.75) is 341 Å². The van der Waals surface area contributed by atoms with Gasteiger partial charge < -0.3 is 254 Å². The van der Waals surface area contributed by atoms with Gasteiger partial charge in [0.2, 0.25) is 29.5 Å². The van der Waals surface area contributed by atoms with Crippen LogP contribution in [0, 0.1) is 0 Å². The van der Waals surface area contributed by atoms with Crippen molar-refractivity contribution in [2.24, 2.45) is 0 Å². The first-order valence-corrected chi connectivity index (χ1v) is 40.1. The SMILES string of the molecule is CC(=O)N[C@H]1[C@H](O[C@H]2[C@H](O)[C@@H](NC(C)=O)C(O)O[C@@H]2CO)O[C@H](CO)[C@@H](O[C@@H]2O[C@H](CO[C@H]3O[C@H](CO)[C@@H](O)[C@H](O)[C@@H]3O[C@@H]3O[C@H](CO)[C@@H](O[C@@H]4O[C@H](CO)[C@H](O)[C@H](O)[C@H]4O)[C@H](O)[C@H]3NC(C)=O)[C@@H](O[C@@H]3O[C@H](CO)[C@@H](O)[C@H](O)[C@H]3NC(C)=O)[C@H](O[C@H]3O[C@H](CO)[C@@H](O)[C@H](O)[C@@H]3O[C@@H]3O[C@H](CO)[C@@H](O[C@@H]4O[C@H](CO)[C@H](O)[C@H](O)[C@H]4O)[C@H](O)[C@H]3NC(C)=O)[C@@H]2O)[C@@H]1O. The molecular weight excluding hydrogens is 1730 g/mol. The molecule has 5 amide bonds. The number of carbonyl (C=O) groups excluding carboxylic acids is 5. The molecule has 56 heteroatoms. The van der Waals surface area contributed by atoms with E-state index in [1.807, 2.05) is 0 Å². The van der Waals surface area contributed by atoms with Crippen molar-refractivity contribution in [2.75, 3.05) is 66.1 Å². The van der Waals surface area contributed by atoms with E-state index in [2.05, 4.69) is 26.6 Å². The molecule has 10 aliphatic rings. The summed E-state index contributed by atoms with van der Waals surface area (Å²) in [5, 5.41) is 315. The lowest BCUT2D eigenvalue weighted by Gasteiger charge is -2.52. The Morgan fingerprint density at radius 2 is 0.437 bits per heavy atom. The fraction of sp³-hybridized carbons (Fsp3) is 0.929. The highest BCUT2D eigenvalue weighted by Gasteiger charge is 2.63. The van der Waals surface area contributed by atoms with Crippen LogP contribution in [0.1, 0.15) is 34.6 Å². The quantitative estimate of drug-likeness (QED) is 0.0290. The maximum Gasteiger partial charge on any atom is 0.217 e. The van der Waals surface area contributed by atoms with Crippen LogP contribution < -0.4 is 26.6 Å². The topological polar surface area (TPSA) is 867 Å². The van der Waals surface area contributed by atoms with E-state index in [0.717, 1.165) is 34.6 Å². The maximum absolute atomic E-state index is 13.4. The van der Waals surface area contributed by atoms with Gasteiger partial charge in [0.1, 0.15) is 244 Å². The van der Waals surface area contributed by atoms with Gasteiger partial charge in [-0.15, -0.1) is 0 Å². The van der Waals surface area contributed by atoms with E-state index in [0.29, 0.717) is 0 Å². The third-order valence-electron chi connectivity index (χ3n) is 22.9. The summed E-state index contributed by atoms with van der Waals surface area (Å²) in [6, 6.07) is -9.82. The Labute approximate surface area is 713 Å². The van der Waals surface area contributed by atoms with Gasteiger partial charge >= 0.3 is 0 Å².